The van der Waals surface area contributed by atoms with E-state index in [1.807, 2.05) is 6.07 Å². The normalized spacial score (nSPS) is 13.5. The molecule has 80 valence electrons. The zero-order valence-electron chi connectivity index (χ0n) is 9.01. The van der Waals surface area contributed by atoms with Gasteiger partial charge in [-0.15, -0.1) is 11.3 Å². The first kappa shape index (κ1) is 12.0. The second-order valence-electron chi connectivity index (χ2n) is 3.54. The highest BCUT2D eigenvalue weighted by molar-refractivity contribution is 7.16. The molecule has 0 radical (unpaired) electrons. The van der Waals surface area contributed by atoms with E-state index in [0.29, 0.717) is 12.1 Å². The van der Waals surface area contributed by atoms with E-state index in [-0.39, 0.29) is 0 Å². The van der Waals surface area contributed by atoms with Crippen molar-refractivity contribution in [2.45, 2.75) is 45.7 Å². The Morgan fingerprint density at radius 3 is 2.43 bits per heavy atom. The summed E-state index contributed by atoms with van der Waals surface area (Å²) in [4.78, 5) is 1.32. The molecule has 1 N–H and O–H groups in total. The predicted octanol–water partition coefficient (Wildman–Crippen LogP) is 4.24. The fourth-order valence-corrected chi connectivity index (χ4v) is 2.59. The van der Waals surface area contributed by atoms with Crippen LogP contribution in [0.2, 0.25) is 4.34 Å². The molecule has 0 fully saturated rings. The first-order valence-electron chi connectivity index (χ1n) is 5.18. The van der Waals surface area contributed by atoms with Crippen LogP contribution >= 0.6 is 22.9 Å². The van der Waals surface area contributed by atoms with Crippen LogP contribution in [0.1, 0.15) is 44.5 Å². The topological polar surface area (TPSA) is 12.0 Å². The highest BCUT2D eigenvalue weighted by Crippen LogP contribution is 2.27. The van der Waals surface area contributed by atoms with Crippen LogP contribution < -0.4 is 5.32 Å². The number of thiophene rings is 1. The molecular formula is C11H18ClNS. The standard InChI is InChI=1S/C11H18ClNS/c1-4-9(5-2)13-8(3)10-6-7-11(12)14-10/h6-9,13H,4-5H2,1-3H3/t8-/m1/s1. The summed E-state index contributed by atoms with van der Waals surface area (Å²) in [6.07, 6.45) is 2.36. The number of rotatable bonds is 5. The minimum atomic E-state index is 0.414. The highest BCUT2D eigenvalue weighted by Gasteiger charge is 2.11. The molecule has 14 heavy (non-hydrogen) atoms. The summed E-state index contributed by atoms with van der Waals surface area (Å²) in [6.45, 7) is 6.63. The third-order valence-electron chi connectivity index (χ3n) is 2.49. The average Bonchev–Trinajstić information content (AvgIpc) is 2.61. The lowest BCUT2D eigenvalue weighted by atomic mass is 10.1. The first-order chi connectivity index (χ1) is 6.67. The Morgan fingerprint density at radius 1 is 1.36 bits per heavy atom. The van der Waals surface area contributed by atoms with Crippen molar-refractivity contribution in [1.82, 2.24) is 5.32 Å². The minimum absolute atomic E-state index is 0.414. The monoisotopic (exact) mass is 231 g/mol. The van der Waals surface area contributed by atoms with Crippen LogP contribution in [0.3, 0.4) is 0 Å². The van der Waals surface area contributed by atoms with Crippen molar-refractivity contribution in [3.05, 3.63) is 21.3 Å². The van der Waals surface area contributed by atoms with Crippen LogP contribution in [-0.2, 0) is 0 Å². The molecule has 1 nitrogen and oxygen atoms in total. The maximum absolute atomic E-state index is 5.90. The van der Waals surface area contributed by atoms with Crippen molar-refractivity contribution < 1.29 is 0 Å². The number of nitrogens with one attached hydrogen (secondary N) is 1. The van der Waals surface area contributed by atoms with Gasteiger partial charge in [-0.25, -0.2) is 0 Å². The van der Waals surface area contributed by atoms with Gasteiger partial charge in [-0.1, -0.05) is 25.4 Å². The third kappa shape index (κ3) is 3.26. The second-order valence-corrected chi connectivity index (χ2v) is 5.29. The zero-order valence-corrected chi connectivity index (χ0v) is 10.6. The Labute approximate surface area is 95.5 Å². The SMILES string of the molecule is CCC(CC)N[C@H](C)c1ccc(Cl)s1. The predicted molar refractivity (Wildman–Crippen MR) is 65.2 cm³/mol. The number of halogens is 1. The van der Waals surface area contributed by atoms with E-state index in [0.717, 1.165) is 4.34 Å². The fourth-order valence-electron chi connectivity index (χ4n) is 1.52. The maximum Gasteiger partial charge on any atom is 0.0931 e. The molecule has 0 aliphatic carbocycles. The molecule has 0 saturated heterocycles. The summed E-state index contributed by atoms with van der Waals surface area (Å²) in [5.74, 6) is 0. The van der Waals surface area contributed by atoms with Gasteiger partial charge < -0.3 is 5.32 Å². The molecule has 0 bridgehead atoms. The maximum atomic E-state index is 5.90. The quantitative estimate of drug-likeness (QED) is 0.799. The molecule has 0 unspecified atom stereocenters. The van der Waals surface area contributed by atoms with Crippen molar-refractivity contribution in [3.8, 4) is 0 Å². The molecule has 1 heterocycles. The van der Waals surface area contributed by atoms with E-state index in [1.165, 1.54) is 17.7 Å². The Balaban J connectivity index is 2.53. The molecule has 0 aliphatic rings. The molecule has 0 spiro atoms. The van der Waals surface area contributed by atoms with Gasteiger partial charge in [0.15, 0.2) is 0 Å². The van der Waals surface area contributed by atoms with E-state index < -0.39 is 0 Å². The largest absolute Gasteiger partial charge is 0.307 e. The van der Waals surface area contributed by atoms with Gasteiger partial charge in [-0.3, -0.25) is 0 Å². The Morgan fingerprint density at radius 2 is 2.00 bits per heavy atom. The first-order valence-corrected chi connectivity index (χ1v) is 6.38. The summed E-state index contributed by atoms with van der Waals surface area (Å²) in [5, 5.41) is 3.60. The minimum Gasteiger partial charge on any atom is -0.307 e. The highest BCUT2D eigenvalue weighted by atomic mass is 35.5. The van der Waals surface area contributed by atoms with Crippen molar-refractivity contribution >= 4 is 22.9 Å². The van der Waals surface area contributed by atoms with E-state index >= 15 is 0 Å². The summed E-state index contributed by atoms with van der Waals surface area (Å²) < 4.78 is 0.873. The third-order valence-corrected chi connectivity index (χ3v) is 3.91. The van der Waals surface area contributed by atoms with Crippen LogP contribution in [-0.4, -0.2) is 6.04 Å². The Kier molecular flexibility index (Phi) is 4.93. The van der Waals surface area contributed by atoms with Crippen LogP contribution in [0.5, 0.6) is 0 Å². The van der Waals surface area contributed by atoms with Gasteiger partial charge in [-0.05, 0) is 31.9 Å². The van der Waals surface area contributed by atoms with Crippen molar-refractivity contribution in [1.29, 1.82) is 0 Å². The molecule has 3 heteroatoms. The van der Waals surface area contributed by atoms with Gasteiger partial charge in [0, 0.05) is 17.0 Å². The molecule has 1 aromatic heterocycles. The van der Waals surface area contributed by atoms with Gasteiger partial charge in [-0.2, -0.15) is 0 Å². The van der Waals surface area contributed by atoms with E-state index in [2.05, 4.69) is 32.2 Å². The molecule has 1 aromatic rings. The van der Waals surface area contributed by atoms with E-state index in [9.17, 15) is 0 Å². The van der Waals surface area contributed by atoms with Gasteiger partial charge in [0.1, 0.15) is 0 Å². The van der Waals surface area contributed by atoms with Crippen LogP contribution in [0.25, 0.3) is 0 Å². The summed E-state index contributed by atoms with van der Waals surface area (Å²) in [7, 11) is 0. The molecule has 0 aliphatic heterocycles. The second kappa shape index (κ2) is 5.74. The van der Waals surface area contributed by atoms with Crippen molar-refractivity contribution in [2.75, 3.05) is 0 Å². The van der Waals surface area contributed by atoms with Crippen LogP contribution in [0, 0.1) is 0 Å². The molecule has 1 rings (SSSR count). The van der Waals surface area contributed by atoms with Gasteiger partial charge in [0.05, 0.1) is 4.34 Å². The van der Waals surface area contributed by atoms with Gasteiger partial charge in [0.25, 0.3) is 0 Å². The summed E-state index contributed by atoms with van der Waals surface area (Å²) in [5.41, 5.74) is 0. The molecule has 1 atom stereocenters. The number of hydrogen-bond donors (Lipinski definition) is 1. The average molecular weight is 232 g/mol. The van der Waals surface area contributed by atoms with Crippen LogP contribution in [0.15, 0.2) is 12.1 Å². The smallest absolute Gasteiger partial charge is 0.0931 e. The zero-order chi connectivity index (χ0) is 10.6. The van der Waals surface area contributed by atoms with E-state index in [4.69, 9.17) is 11.6 Å². The lowest BCUT2D eigenvalue weighted by Gasteiger charge is -2.19. The summed E-state index contributed by atoms with van der Waals surface area (Å²) in [6, 6.07) is 5.10. The van der Waals surface area contributed by atoms with E-state index in [1.54, 1.807) is 11.3 Å². The van der Waals surface area contributed by atoms with Crippen molar-refractivity contribution in [2.24, 2.45) is 0 Å². The van der Waals surface area contributed by atoms with Gasteiger partial charge in [0.2, 0.25) is 0 Å². The lowest BCUT2D eigenvalue weighted by molar-refractivity contribution is 0.436. The Bertz CT molecular complexity index is 268. The van der Waals surface area contributed by atoms with Crippen LogP contribution in [0.4, 0.5) is 0 Å². The van der Waals surface area contributed by atoms with Crippen molar-refractivity contribution in [3.63, 3.8) is 0 Å². The molecule has 0 amide bonds. The fraction of sp³-hybridized carbons (Fsp3) is 0.636. The number of hydrogen-bond acceptors (Lipinski definition) is 2. The van der Waals surface area contributed by atoms with Gasteiger partial charge >= 0.3 is 0 Å². The lowest BCUT2D eigenvalue weighted by Crippen LogP contribution is -2.29. The Hall–Kier alpha value is -0.0500. The molecular weight excluding hydrogens is 214 g/mol. The molecule has 0 aromatic carbocycles. The summed E-state index contributed by atoms with van der Waals surface area (Å²) >= 11 is 7.56. The molecule has 0 saturated carbocycles.